The van der Waals surface area contributed by atoms with E-state index in [1.807, 2.05) is 6.07 Å². The quantitative estimate of drug-likeness (QED) is 0.699. The fourth-order valence-electron chi connectivity index (χ4n) is 3.16. The van der Waals surface area contributed by atoms with E-state index in [2.05, 4.69) is 33.8 Å². The Bertz CT molecular complexity index is 481. The molecule has 0 spiro atoms. The highest BCUT2D eigenvalue weighted by atomic mass is 15.3. The normalized spacial score (nSPS) is 24.8. The van der Waals surface area contributed by atoms with Gasteiger partial charge in [-0.25, -0.2) is 4.85 Å². The van der Waals surface area contributed by atoms with Crippen molar-refractivity contribution in [2.45, 2.75) is 18.9 Å². The summed E-state index contributed by atoms with van der Waals surface area (Å²) in [5, 5.41) is 0. The number of nitrogens with zero attached hydrogens (tertiary/aromatic N) is 3. The Balaban J connectivity index is 1.80. The maximum Gasteiger partial charge on any atom is 0.187 e. The number of rotatable bonds is 1. The summed E-state index contributed by atoms with van der Waals surface area (Å²) in [7, 11) is 2.20. The highest BCUT2D eigenvalue weighted by molar-refractivity contribution is 5.51. The molecule has 1 heterocycles. The van der Waals surface area contributed by atoms with Gasteiger partial charge in [0.2, 0.25) is 0 Å². The number of benzene rings is 1. The van der Waals surface area contributed by atoms with Crippen molar-refractivity contribution in [2.75, 3.05) is 33.2 Å². The number of aryl methyl sites for hydroxylation is 1. The van der Waals surface area contributed by atoms with E-state index in [4.69, 9.17) is 6.57 Å². The lowest BCUT2D eigenvalue weighted by Gasteiger charge is -2.36. The number of piperazine rings is 1. The molecule has 0 radical (unpaired) electrons. The molecule has 3 heteroatoms. The lowest BCUT2D eigenvalue weighted by atomic mass is 10.1. The third kappa shape index (κ3) is 2.03. The van der Waals surface area contributed by atoms with E-state index in [1.54, 1.807) is 0 Å². The number of likely N-dealkylation sites (N-methyl/N-ethyl adjacent to an activating group) is 1. The zero-order valence-corrected chi connectivity index (χ0v) is 10.9. The van der Waals surface area contributed by atoms with E-state index < -0.39 is 0 Å². The second kappa shape index (κ2) is 4.72. The molecule has 1 aromatic rings. The van der Waals surface area contributed by atoms with Crippen LogP contribution in [0.1, 0.15) is 23.6 Å². The monoisotopic (exact) mass is 241 g/mol. The summed E-state index contributed by atoms with van der Waals surface area (Å²) in [6.07, 6.45) is 2.36. The Kier molecular flexibility index (Phi) is 3.07. The number of hydrogen-bond acceptors (Lipinski definition) is 2. The molecular formula is C15H19N3. The molecule has 1 unspecified atom stereocenters. The fourth-order valence-corrected chi connectivity index (χ4v) is 3.16. The Labute approximate surface area is 109 Å². The molecule has 0 saturated carbocycles. The molecule has 3 nitrogen and oxygen atoms in total. The van der Waals surface area contributed by atoms with Crippen LogP contribution in [0.4, 0.5) is 5.69 Å². The largest absolute Gasteiger partial charge is 0.304 e. The van der Waals surface area contributed by atoms with Gasteiger partial charge in [-0.1, -0.05) is 23.8 Å². The summed E-state index contributed by atoms with van der Waals surface area (Å²) in [5.41, 5.74) is 3.65. The van der Waals surface area contributed by atoms with Gasteiger partial charge in [-0.2, -0.15) is 0 Å². The Morgan fingerprint density at radius 3 is 2.72 bits per heavy atom. The van der Waals surface area contributed by atoms with Gasteiger partial charge >= 0.3 is 0 Å². The average molecular weight is 241 g/mol. The third-order valence-electron chi connectivity index (χ3n) is 4.28. The minimum absolute atomic E-state index is 0.591. The molecule has 2 aliphatic rings. The van der Waals surface area contributed by atoms with Crippen molar-refractivity contribution in [2.24, 2.45) is 0 Å². The second-order valence-electron chi connectivity index (χ2n) is 5.39. The van der Waals surface area contributed by atoms with Crippen LogP contribution in [0.25, 0.3) is 4.85 Å². The molecule has 1 atom stereocenters. The van der Waals surface area contributed by atoms with Crippen LogP contribution in [-0.4, -0.2) is 43.0 Å². The summed E-state index contributed by atoms with van der Waals surface area (Å²) >= 11 is 0. The molecule has 1 aliphatic carbocycles. The highest BCUT2D eigenvalue weighted by Crippen LogP contribution is 2.37. The van der Waals surface area contributed by atoms with Crippen LogP contribution >= 0.6 is 0 Å². The minimum Gasteiger partial charge on any atom is -0.304 e. The van der Waals surface area contributed by atoms with E-state index in [-0.39, 0.29) is 0 Å². The summed E-state index contributed by atoms with van der Waals surface area (Å²) in [5.74, 6) is 0. The van der Waals surface area contributed by atoms with Gasteiger partial charge in [0.1, 0.15) is 0 Å². The fraction of sp³-hybridized carbons (Fsp3) is 0.533. The molecule has 1 saturated heterocycles. The maximum absolute atomic E-state index is 7.08. The SMILES string of the molecule is [C-]#[N+]c1ccc2c(c1)CCC2N1CCN(C)CC1. The van der Waals surface area contributed by atoms with Gasteiger partial charge in [0, 0.05) is 32.2 Å². The summed E-state index contributed by atoms with van der Waals surface area (Å²) < 4.78 is 0. The van der Waals surface area contributed by atoms with Gasteiger partial charge in [0.05, 0.1) is 6.57 Å². The van der Waals surface area contributed by atoms with Crippen molar-refractivity contribution in [3.05, 3.63) is 40.7 Å². The predicted molar refractivity (Wildman–Crippen MR) is 72.8 cm³/mol. The van der Waals surface area contributed by atoms with Gasteiger partial charge in [0.25, 0.3) is 0 Å². The summed E-state index contributed by atoms with van der Waals surface area (Å²) in [6, 6.07) is 6.82. The average Bonchev–Trinajstić information content (AvgIpc) is 2.82. The Hall–Kier alpha value is -1.37. The van der Waals surface area contributed by atoms with Crippen molar-refractivity contribution in [1.82, 2.24) is 9.80 Å². The molecule has 3 rings (SSSR count). The van der Waals surface area contributed by atoms with Crippen LogP contribution in [0.3, 0.4) is 0 Å². The van der Waals surface area contributed by atoms with Crippen molar-refractivity contribution in [1.29, 1.82) is 0 Å². The predicted octanol–water partition coefficient (Wildman–Crippen LogP) is 2.47. The first-order chi connectivity index (χ1) is 8.78. The second-order valence-corrected chi connectivity index (χ2v) is 5.39. The van der Waals surface area contributed by atoms with Crippen molar-refractivity contribution in [3.8, 4) is 0 Å². The van der Waals surface area contributed by atoms with Gasteiger partial charge in [-0.05, 0) is 25.5 Å². The molecule has 0 N–H and O–H groups in total. The van der Waals surface area contributed by atoms with Crippen LogP contribution in [0, 0.1) is 6.57 Å². The van der Waals surface area contributed by atoms with Gasteiger partial charge in [0.15, 0.2) is 5.69 Å². The van der Waals surface area contributed by atoms with E-state index in [1.165, 1.54) is 43.7 Å². The van der Waals surface area contributed by atoms with Crippen LogP contribution in [0.5, 0.6) is 0 Å². The Morgan fingerprint density at radius 2 is 2.00 bits per heavy atom. The van der Waals surface area contributed by atoms with Crippen LogP contribution in [0.2, 0.25) is 0 Å². The van der Waals surface area contributed by atoms with Crippen molar-refractivity contribution < 1.29 is 0 Å². The van der Waals surface area contributed by atoms with E-state index in [0.717, 1.165) is 12.1 Å². The first-order valence-corrected chi connectivity index (χ1v) is 6.71. The molecule has 0 aromatic heterocycles. The number of hydrogen-bond donors (Lipinski definition) is 0. The maximum atomic E-state index is 7.08. The van der Waals surface area contributed by atoms with E-state index >= 15 is 0 Å². The Morgan fingerprint density at radius 1 is 1.22 bits per heavy atom. The van der Waals surface area contributed by atoms with Crippen LogP contribution < -0.4 is 0 Å². The highest BCUT2D eigenvalue weighted by Gasteiger charge is 2.29. The van der Waals surface area contributed by atoms with Gasteiger partial charge in [-0.3, -0.25) is 4.90 Å². The summed E-state index contributed by atoms with van der Waals surface area (Å²) in [4.78, 5) is 8.54. The number of fused-ring (bicyclic) bond motifs is 1. The molecule has 94 valence electrons. The molecule has 1 aromatic carbocycles. The molecule has 0 bridgehead atoms. The lowest BCUT2D eigenvalue weighted by molar-refractivity contribution is 0.111. The molecule has 18 heavy (non-hydrogen) atoms. The van der Waals surface area contributed by atoms with Crippen molar-refractivity contribution in [3.63, 3.8) is 0 Å². The first-order valence-electron chi connectivity index (χ1n) is 6.71. The van der Waals surface area contributed by atoms with E-state index in [0.29, 0.717) is 6.04 Å². The minimum atomic E-state index is 0.591. The topological polar surface area (TPSA) is 10.8 Å². The molecule has 0 amide bonds. The van der Waals surface area contributed by atoms with E-state index in [9.17, 15) is 0 Å². The lowest BCUT2D eigenvalue weighted by Crippen LogP contribution is -2.45. The van der Waals surface area contributed by atoms with Crippen LogP contribution in [0.15, 0.2) is 18.2 Å². The molecule has 1 aliphatic heterocycles. The smallest absolute Gasteiger partial charge is 0.187 e. The molecule has 1 fully saturated rings. The first kappa shape index (κ1) is 11.7. The summed E-state index contributed by atoms with van der Waals surface area (Å²) in [6.45, 7) is 11.8. The zero-order valence-electron chi connectivity index (χ0n) is 10.9. The third-order valence-corrected chi connectivity index (χ3v) is 4.28. The molecular weight excluding hydrogens is 222 g/mol. The van der Waals surface area contributed by atoms with Crippen LogP contribution in [-0.2, 0) is 6.42 Å². The van der Waals surface area contributed by atoms with Gasteiger partial charge < -0.3 is 4.90 Å². The van der Waals surface area contributed by atoms with Crippen molar-refractivity contribution >= 4 is 5.69 Å². The zero-order chi connectivity index (χ0) is 12.5. The standard InChI is InChI=1S/C15H19N3/c1-16-13-4-5-14-12(11-13)3-6-15(14)18-9-7-17(2)8-10-18/h4-5,11,15H,3,6-10H2,2H3. The van der Waals surface area contributed by atoms with Gasteiger partial charge in [-0.15, -0.1) is 0 Å².